The molecule has 3 heterocycles. The fourth-order valence-corrected chi connectivity index (χ4v) is 8.81. The third kappa shape index (κ3) is 27.0. The smallest absolute Gasteiger partial charge is 0.373 e. The van der Waals surface area contributed by atoms with Crippen molar-refractivity contribution < 1.29 is 63.3 Å². The molecule has 454 valence electrons. The summed E-state index contributed by atoms with van der Waals surface area (Å²) in [5.74, 6) is -8.69. The van der Waals surface area contributed by atoms with Gasteiger partial charge >= 0.3 is 24.1 Å². The Morgan fingerprint density at radius 3 is 1.90 bits per heavy atom. The van der Waals surface area contributed by atoms with E-state index >= 15 is 0 Å². The minimum atomic E-state index is -1.50. The molecule has 0 saturated carbocycles. The number of guanidine groups is 2. The molecule has 4 rings (SSSR count). The van der Waals surface area contributed by atoms with Crippen molar-refractivity contribution in [3.8, 4) is 0 Å². The van der Waals surface area contributed by atoms with Gasteiger partial charge in [-0.15, -0.1) is 0 Å². The lowest BCUT2D eigenvalue weighted by atomic mass is 9.90. The number of nitrogens with one attached hydrogen (secondary N) is 4. The SMILES string of the molecule is CN1CCN(CC(=O)O)CCN(CC(=O)CCCCC[C@H](CC(=O)[C@H](CCCN=C(N)N)NC(=O)[C@H](CCCN=C(N)N)CC(=O)CC[C@H](NC(=O)c2ccc(NCc3cnc4nc(N)[nH]c(=O)c4n3)cc2)C(=O)O)C(=O)O)CC1.O=C=O. The second kappa shape index (κ2) is 36.5. The second-order valence-corrected chi connectivity index (χ2v) is 19.9. The molecule has 0 bridgehead atoms. The highest BCUT2D eigenvalue weighted by Crippen LogP contribution is 2.21. The van der Waals surface area contributed by atoms with E-state index < -0.39 is 77.2 Å². The van der Waals surface area contributed by atoms with E-state index in [0.717, 1.165) is 6.54 Å². The first kappa shape index (κ1) is 68.5. The summed E-state index contributed by atoms with van der Waals surface area (Å²) in [4.78, 5) is 161. The largest absolute Gasteiger partial charge is 0.481 e. The third-order valence-corrected chi connectivity index (χ3v) is 13.3. The molecule has 1 aromatic carbocycles. The minimum absolute atomic E-state index is 0.00348. The number of rotatable bonds is 35. The zero-order valence-corrected chi connectivity index (χ0v) is 46.5. The predicted molar refractivity (Wildman–Crippen MR) is 301 cm³/mol. The molecule has 0 aliphatic carbocycles. The van der Waals surface area contributed by atoms with Crippen molar-refractivity contribution in [3.63, 3.8) is 0 Å². The highest BCUT2D eigenvalue weighted by molar-refractivity contribution is 5.97. The number of Topliss-reactive ketones (excluding diaryl/α,β-unsaturated/α-hetero) is 3. The van der Waals surface area contributed by atoms with Crippen molar-refractivity contribution in [1.29, 1.82) is 0 Å². The van der Waals surface area contributed by atoms with Crippen LogP contribution in [0.4, 0.5) is 11.6 Å². The molecular weight excluding hydrogens is 1090 g/mol. The van der Waals surface area contributed by atoms with Crippen LogP contribution in [0, 0.1) is 11.8 Å². The van der Waals surface area contributed by atoms with Crippen LogP contribution in [0.15, 0.2) is 45.2 Å². The lowest BCUT2D eigenvalue weighted by Crippen LogP contribution is -2.45. The summed E-state index contributed by atoms with van der Waals surface area (Å²) in [7, 11) is 1.95. The van der Waals surface area contributed by atoms with Gasteiger partial charge in [0.1, 0.15) is 17.6 Å². The number of aliphatic imine (C=N–C) groups is 2. The Morgan fingerprint density at radius 1 is 0.699 bits per heavy atom. The van der Waals surface area contributed by atoms with Gasteiger partial charge in [0, 0.05) is 95.2 Å². The van der Waals surface area contributed by atoms with Crippen molar-refractivity contribution >= 4 is 87.9 Å². The third-order valence-electron chi connectivity index (χ3n) is 13.3. The van der Waals surface area contributed by atoms with E-state index in [4.69, 9.17) is 38.3 Å². The van der Waals surface area contributed by atoms with Gasteiger partial charge in [-0.2, -0.15) is 14.6 Å². The van der Waals surface area contributed by atoms with Crippen LogP contribution < -0.4 is 50.2 Å². The molecule has 1 fully saturated rings. The van der Waals surface area contributed by atoms with Crippen molar-refractivity contribution in [2.24, 2.45) is 44.8 Å². The number of nitrogen functional groups attached to an aromatic ring is 1. The predicted octanol–water partition coefficient (Wildman–Crippen LogP) is -1.73. The molecule has 31 heteroatoms. The Hall–Kier alpha value is -8.80. The van der Waals surface area contributed by atoms with Gasteiger partial charge in [0.05, 0.1) is 43.5 Å². The molecule has 4 atom stereocenters. The van der Waals surface area contributed by atoms with Crippen LogP contribution in [0.5, 0.6) is 0 Å². The molecule has 83 heavy (non-hydrogen) atoms. The average Bonchev–Trinajstić information content (AvgIpc) is 3.68. The van der Waals surface area contributed by atoms with Gasteiger partial charge in [0.25, 0.3) is 11.5 Å². The lowest BCUT2D eigenvalue weighted by molar-refractivity contribution is -0.192. The van der Waals surface area contributed by atoms with Crippen molar-refractivity contribution in [3.05, 3.63) is 52.1 Å². The number of carbonyl (C=O) groups excluding carboxylic acids is 7. The number of unbranched alkanes of at least 4 members (excludes halogenated alkanes) is 2. The fraction of sp³-hybridized carbons (Fsp3) is 0.558. The number of aliphatic carboxylic acids is 3. The number of aromatic nitrogens is 4. The number of hydrogen-bond acceptors (Lipinski definition) is 21. The maximum Gasteiger partial charge on any atom is 0.373 e. The number of fused-ring (bicyclic) bond motifs is 1. The van der Waals surface area contributed by atoms with Gasteiger partial charge in [-0.1, -0.05) is 12.8 Å². The minimum Gasteiger partial charge on any atom is -0.481 e. The standard InChI is InChI=1S/C51H77N17O12.CO2/c1-66-19-21-67(23-24-68(22-20-66)30-41(72)73)29-37(70)9-4-2-3-7-33(47(77)78)26-40(71)38(10-6-18-58-50(54)55)62-45(75)32(8-5-17-57-49(52)53)25-36(69)15-16-39(48(79)80)63-44(74)31-11-13-34(14-12-31)59-27-35-28-60-43-42(61-35)46(76)65-51(56)64-43;2-1-3/h11-14,28,32-33,38-39,59H,2-10,15-27,29-30H2,1H3,(H,62,75)(H,63,74)(H,72,73)(H,77,78)(H,79,80)(H4,52,53,57)(H4,54,55,58)(H3,56,60,64,65,76);/t32-,33-,38+,39+;/m1./s1. The Labute approximate surface area is 477 Å². The first-order valence-electron chi connectivity index (χ1n) is 26.9. The highest BCUT2D eigenvalue weighted by atomic mass is 16.4. The maximum atomic E-state index is 14.1. The first-order valence-corrected chi connectivity index (χ1v) is 26.9. The summed E-state index contributed by atoms with van der Waals surface area (Å²) in [5.41, 5.74) is 28.1. The molecule has 0 spiro atoms. The molecule has 1 aliphatic heterocycles. The van der Waals surface area contributed by atoms with Crippen molar-refractivity contribution in [1.82, 2.24) is 45.3 Å². The monoisotopic (exact) mass is 1160 g/mol. The number of anilines is 2. The van der Waals surface area contributed by atoms with Gasteiger partial charge < -0.3 is 64.8 Å². The van der Waals surface area contributed by atoms with Crippen LogP contribution in [-0.4, -0.2) is 200 Å². The summed E-state index contributed by atoms with van der Waals surface area (Å²) >= 11 is 0. The molecule has 31 nitrogen and oxygen atoms in total. The van der Waals surface area contributed by atoms with E-state index in [0.29, 0.717) is 63.4 Å². The summed E-state index contributed by atoms with van der Waals surface area (Å²) < 4.78 is 0. The fourth-order valence-electron chi connectivity index (χ4n) is 8.81. The zero-order chi connectivity index (χ0) is 61.4. The summed E-state index contributed by atoms with van der Waals surface area (Å²) in [5, 5.41) is 37.7. The summed E-state index contributed by atoms with van der Waals surface area (Å²) in [6.07, 6.45) is 2.52. The number of nitrogens with two attached hydrogens (primary N) is 5. The summed E-state index contributed by atoms with van der Waals surface area (Å²) in [6, 6.07) is 3.34. The van der Waals surface area contributed by atoms with E-state index in [9.17, 15) is 58.5 Å². The molecule has 17 N–H and O–H groups in total. The number of benzene rings is 1. The number of hydrogen-bond donors (Lipinski definition) is 12. The molecule has 3 aromatic rings. The Morgan fingerprint density at radius 2 is 1.30 bits per heavy atom. The summed E-state index contributed by atoms with van der Waals surface area (Å²) in [6.45, 7) is 4.21. The van der Waals surface area contributed by atoms with E-state index in [-0.39, 0.29) is 137 Å². The van der Waals surface area contributed by atoms with E-state index in [1.165, 1.54) is 18.3 Å². The van der Waals surface area contributed by atoms with Crippen molar-refractivity contribution in [2.45, 2.75) is 102 Å². The quantitative estimate of drug-likeness (QED) is 0.0177. The number of amides is 2. The number of carbonyl (C=O) groups is 8. The van der Waals surface area contributed by atoms with E-state index in [2.05, 4.69) is 50.8 Å². The number of carboxylic acids is 3. The van der Waals surface area contributed by atoms with Crippen LogP contribution in [0.3, 0.4) is 0 Å². The van der Waals surface area contributed by atoms with Crippen LogP contribution in [-0.2, 0) is 49.7 Å². The molecule has 2 amide bonds. The number of carboxylic acid groups (broad SMARTS) is 3. The van der Waals surface area contributed by atoms with Crippen LogP contribution in [0.2, 0.25) is 0 Å². The van der Waals surface area contributed by atoms with E-state index in [1.807, 2.05) is 16.8 Å². The first-order chi connectivity index (χ1) is 39.5. The molecule has 1 aliphatic rings. The van der Waals surface area contributed by atoms with Gasteiger partial charge in [-0.05, 0) is 76.3 Å². The topological polar surface area (TPSA) is 504 Å². The zero-order valence-electron chi connectivity index (χ0n) is 46.5. The number of H-pyrrole nitrogens is 1. The second-order valence-electron chi connectivity index (χ2n) is 19.9. The Balaban J connectivity index is 0.00000588. The van der Waals surface area contributed by atoms with Crippen LogP contribution in [0.1, 0.15) is 99.5 Å². The van der Waals surface area contributed by atoms with Gasteiger partial charge in [0.2, 0.25) is 11.9 Å². The van der Waals surface area contributed by atoms with Crippen molar-refractivity contribution in [2.75, 3.05) is 83.5 Å². The number of nitrogens with zero attached hydrogens (tertiary/aromatic N) is 8. The number of likely N-dealkylation sites (N-methyl/N-ethyl adjacent to an activating group) is 1. The lowest BCUT2D eigenvalue weighted by Gasteiger charge is -2.24. The van der Waals surface area contributed by atoms with Gasteiger partial charge in [0.15, 0.2) is 28.9 Å². The normalized spacial score (nSPS) is 14.5. The van der Waals surface area contributed by atoms with Gasteiger partial charge in [-0.25, -0.2) is 14.8 Å². The van der Waals surface area contributed by atoms with Gasteiger partial charge in [-0.3, -0.25) is 63.1 Å². The number of ketones is 3. The van der Waals surface area contributed by atoms with Crippen LogP contribution >= 0.6 is 0 Å². The molecular formula is C52H77N17O14. The maximum absolute atomic E-state index is 14.1. The highest BCUT2D eigenvalue weighted by Gasteiger charge is 2.31. The molecule has 2 aromatic heterocycles. The average molecular weight is 1160 g/mol. The Bertz CT molecular complexity index is 2820. The van der Waals surface area contributed by atoms with E-state index in [1.54, 1.807) is 12.1 Å². The Kier molecular flexibility index (Phi) is 30.1. The molecule has 0 radical (unpaired) electrons. The van der Waals surface area contributed by atoms with Crippen LogP contribution in [0.25, 0.3) is 11.2 Å². The number of aromatic amines is 1. The molecule has 1 saturated heterocycles. The molecule has 0 unspecified atom stereocenters.